The molecule has 13 heteroatoms. The van der Waals surface area contributed by atoms with Crippen LogP contribution in [0.25, 0.3) is 0 Å². The monoisotopic (exact) mass is 534 g/mol. The molecule has 0 N–H and O–H groups in total. The molecule has 2 aromatic rings. The van der Waals surface area contributed by atoms with Crippen molar-refractivity contribution in [1.82, 2.24) is 28.9 Å². The van der Waals surface area contributed by atoms with Crippen LogP contribution in [-0.2, 0) is 22.9 Å². The van der Waals surface area contributed by atoms with Crippen molar-refractivity contribution in [1.29, 1.82) is 0 Å². The van der Waals surface area contributed by atoms with Crippen molar-refractivity contribution in [3.8, 4) is 0 Å². The number of amides is 2. The molecule has 2 amide bonds. The second kappa shape index (κ2) is 10.9. The van der Waals surface area contributed by atoms with Crippen LogP contribution in [0.4, 0.5) is 17.6 Å². The molecule has 0 radical (unpaired) electrons. The van der Waals surface area contributed by atoms with Gasteiger partial charge in [-0.2, -0.15) is 17.6 Å². The van der Waals surface area contributed by atoms with Crippen LogP contribution in [0.3, 0.4) is 0 Å². The summed E-state index contributed by atoms with van der Waals surface area (Å²) in [5.41, 5.74) is 0. The molecule has 2 aromatic heterocycles. The number of alkyl halides is 3. The minimum Gasteiger partial charge on any atom is -0.324 e. The standard InChI is InChI=1S/C10H12BrF2N3O.C10H11F2N3O/c11-10(12,13)4-8-3-9(17)16(5-8)7-15-2-1-14-6-15;11-9(12)3-8-4-10(16)15(5-8)7-14-2-1-13-6-14/h1-2,6,8H,3-5,7H2;1-3,6,8H,4-5,7H2. The van der Waals surface area contributed by atoms with Gasteiger partial charge in [0.05, 0.1) is 26.0 Å². The summed E-state index contributed by atoms with van der Waals surface area (Å²) < 4.78 is 53.1. The van der Waals surface area contributed by atoms with Crippen molar-refractivity contribution in [3.63, 3.8) is 0 Å². The van der Waals surface area contributed by atoms with Gasteiger partial charge in [-0.1, -0.05) is 0 Å². The van der Waals surface area contributed by atoms with E-state index in [1.165, 1.54) is 0 Å². The molecule has 0 aliphatic carbocycles. The molecule has 2 fully saturated rings. The Morgan fingerprint density at radius 1 is 1.00 bits per heavy atom. The van der Waals surface area contributed by atoms with E-state index in [0.29, 0.717) is 26.4 Å². The first-order valence-corrected chi connectivity index (χ1v) is 10.9. The van der Waals surface area contributed by atoms with E-state index in [1.807, 2.05) is 0 Å². The summed E-state index contributed by atoms with van der Waals surface area (Å²) in [5, 5.41) is 0. The molecule has 2 saturated heterocycles. The largest absolute Gasteiger partial charge is 0.324 e. The number of rotatable bonds is 7. The molecule has 0 spiro atoms. The topological polar surface area (TPSA) is 76.3 Å². The van der Waals surface area contributed by atoms with Gasteiger partial charge in [-0.05, 0) is 27.9 Å². The maximum Gasteiger partial charge on any atom is 0.301 e. The molecule has 2 unspecified atom stereocenters. The average Bonchev–Trinajstić information content (AvgIpc) is 3.47. The first-order valence-electron chi connectivity index (χ1n) is 10.2. The van der Waals surface area contributed by atoms with Crippen LogP contribution in [0.1, 0.15) is 19.3 Å². The summed E-state index contributed by atoms with van der Waals surface area (Å²) in [7, 11) is 0. The van der Waals surface area contributed by atoms with Crippen LogP contribution in [0, 0.1) is 11.8 Å². The predicted molar refractivity (Wildman–Crippen MR) is 113 cm³/mol. The number of imidazole rings is 2. The SMILES string of the molecule is O=C1CC(C=C(F)F)CN1Cn1ccnc1.O=C1CC(CC(F)(F)Br)CN1Cn1ccnc1. The summed E-state index contributed by atoms with van der Waals surface area (Å²) in [5.74, 6) is -0.849. The smallest absolute Gasteiger partial charge is 0.301 e. The molecule has 8 nitrogen and oxygen atoms in total. The highest BCUT2D eigenvalue weighted by Crippen LogP contribution is 2.34. The van der Waals surface area contributed by atoms with Gasteiger partial charge in [0.1, 0.15) is 0 Å². The fourth-order valence-corrected chi connectivity index (χ4v) is 4.28. The van der Waals surface area contributed by atoms with Crippen LogP contribution in [0.5, 0.6) is 0 Å². The third kappa shape index (κ3) is 7.98. The van der Waals surface area contributed by atoms with E-state index >= 15 is 0 Å². The molecule has 2 atom stereocenters. The maximum atomic E-state index is 12.8. The van der Waals surface area contributed by atoms with Crippen LogP contribution in [-0.4, -0.2) is 58.6 Å². The lowest BCUT2D eigenvalue weighted by atomic mass is 10.1. The van der Waals surface area contributed by atoms with Crippen molar-refractivity contribution in [3.05, 3.63) is 49.6 Å². The average molecular weight is 535 g/mol. The fraction of sp³-hybridized carbons (Fsp3) is 0.500. The van der Waals surface area contributed by atoms with Crippen LogP contribution < -0.4 is 0 Å². The van der Waals surface area contributed by atoms with E-state index in [-0.39, 0.29) is 42.9 Å². The first-order chi connectivity index (χ1) is 15.6. The zero-order valence-corrected chi connectivity index (χ0v) is 19.1. The molecule has 180 valence electrons. The van der Waals surface area contributed by atoms with Gasteiger partial charge in [0, 0.05) is 63.1 Å². The van der Waals surface area contributed by atoms with E-state index in [9.17, 15) is 27.2 Å². The lowest BCUT2D eigenvalue weighted by Crippen LogP contribution is -2.27. The van der Waals surface area contributed by atoms with E-state index < -0.39 is 10.9 Å². The van der Waals surface area contributed by atoms with E-state index in [1.54, 1.807) is 56.4 Å². The van der Waals surface area contributed by atoms with Gasteiger partial charge in [0.15, 0.2) is 0 Å². The van der Waals surface area contributed by atoms with Crippen LogP contribution in [0.2, 0.25) is 0 Å². The number of nitrogens with zero attached hydrogens (tertiary/aromatic N) is 6. The second-order valence-electron chi connectivity index (χ2n) is 7.98. The van der Waals surface area contributed by atoms with Crippen LogP contribution >= 0.6 is 15.9 Å². The molecule has 0 bridgehead atoms. The molecule has 4 rings (SSSR count). The number of carbonyl (C=O) groups is 2. The lowest BCUT2D eigenvalue weighted by molar-refractivity contribution is -0.129. The van der Waals surface area contributed by atoms with Crippen molar-refractivity contribution < 1.29 is 27.2 Å². The fourth-order valence-electron chi connectivity index (χ4n) is 3.82. The molecule has 33 heavy (non-hydrogen) atoms. The highest BCUT2D eigenvalue weighted by Gasteiger charge is 2.36. The minimum atomic E-state index is -2.89. The molecule has 0 saturated carbocycles. The van der Waals surface area contributed by atoms with Gasteiger partial charge in [0.25, 0.3) is 6.08 Å². The number of hydrogen-bond acceptors (Lipinski definition) is 4. The van der Waals surface area contributed by atoms with Gasteiger partial charge in [-0.3, -0.25) is 9.59 Å². The van der Waals surface area contributed by atoms with Crippen molar-refractivity contribution in [2.45, 2.75) is 37.4 Å². The van der Waals surface area contributed by atoms with E-state index in [4.69, 9.17) is 0 Å². The number of halogens is 5. The predicted octanol–water partition coefficient (Wildman–Crippen LogP) is 3.54. The Morgan fingerprint density at radius 3 is 2.03 bits per heavy atom. The summed E-state index contributed by atoms with van der Waals surface area (Å²) >= 11 is 2.31. The van der Waals surface area contributed by atoms with Crippen molar-refractivity contribution in [2.24, 2.45) is 11.8 Å². The number of hydrogen-bond donors (Lipinski definition) is 0. The zero-order valence-electron chi connectivity index (χ0n) is 17.5. The van der Waals surface area contributed by atoms with Gasteiger partial charge in [-0.25, -0.2) is 9.97 Å². The summed E-state index contributed by atoms with van der Waals surface area (Å²) in [6, 6.07) is 0. The number of carbonyl (C=O) groups excluding carboxylic acids is 2. The lowest BCUT2D eigenvalue weighted by Gasteiger charge is -2.18. The molecular formula is C20H23BrF4N6O2. The van der Waals surface area contributed by atoms with Crippen molar-refractivity contribution in [2.75, 3.05) is 13.1 Å². The third-order valence-electron chi connectivity index (χ3n) is 5.21. The Hall–Kier alpha value is -2.70. The second-order valence-corrected chi connectivity index (χ2v) is 9.14. The maximum absolute atomic E-state index is 12.8. The highest BCUT2D eigenvalue weighted by atomic mass is 79.9. The van der Waals surface area contributed by atoms with Gasteiger partial charge < -0.3 is 18.9 Å². The number of aromatic nitrogens is 4. The van der Waals surface area contributed by atoms with Gasteiger partial charge in [0.2, 0.25) is 11.8 Å². The summed E-state index contributed by atoms with van der Waals surface area (Å²) in [6.07, 6.45) is 9.05. The molecular weight excluding hydrogens is 512 g/mol. The van der Waals surface area contributed by atoms with E-state index in [0.717, 1.165) is 6.08 Å². The third-order valence-corrected chi connectivity index (χ3v) is 5.53. The molecule has 0 aromatic carbocycles. The summed E-state index contributed by atoms with van der Waals surface area (Å²) in [6.45, 7) is 1.47. The zero-order chi connectivity index (χ0) is 24.0. The Bertz CT molecular complexity index is 944. The summed E-state index contributed by atoms with van der Waals surface area (Å²) in [4.78, 5) is 31.1. The first kappa shape index (κ1) is 24.9. The number of likely N-dealkylation sites (tertiary alicyclic amines) is 2. The van der Waals surface area contributed by atoms with Crippen molar-refractivity contribution >= 4 is 27.7 Å². The molecule has 2 aliphatic rings. The highest BCUT2D eigenvalue weighted by molar-refractivity contribution is 9.10. The molecule has 4 heterocycles. The Kier molecular flexibility index (Phi) is 8.27. The quantitative estimate of drug-likeness (QED) is 0.402. The van der Waals surface area contributed by atoms with Crippen LogP contribution in [0.15, 0.2) is 49.6 Å². The Labute approximate surface area is 196 Å². The van der Waals surface area contributed by atoms with Gasteiger partial charge >= 0.3 is 4.83 Å². The Morgan fingerprint density at radius 2 is 1.55 bits per heavy atom. The van der Waals surface area contributed by atoms with Gasteiger partial charge in [-0.15, -0.1) is 0 Å². The Balaban J connectivity index is 0.000000186. The normalized spacial score (nSPS) is 20.8. The minimum absolute atomic E-state index is 0.0829. The molecule has 2 aliphatic heterocycles. The van der Waals surface area contributed by atoms with E-state index in [2.05, 4.69) is 25.9 Å².